The molecule has 0 rings (SSSR count). The summed E-state index contributed by atoms with van der Waals surface area (Å²) in [6, 6.07) is 2.56. The average Bonchev–Trinajstić information content (AvgIpc) is 2.51. The van der Waals surface area contributed by atoms with Crippen LogP contribution in [0.3, 0.4) is 0 Å². The molecule has 0 aromatic rings. The molecule has 0 unspecified atom stereocenters. The highest BCUT2D eigenvalue weighted by molar-refractivity contribution is 8.13. The van der Waals surface area contributed by atoms with Gasteiger partial charge in [0.05, 0.1) is 0 Å². The first-order valence-corrected chi connectivity index (χ1v) is 12.2. The van der Waals surface area contributed by atoms with Crippen LogP contribution in [-0.4, -0.2) is 26.5 Å². The minimum atomic E-state index is -0.543. The third kappa shape index (κ3) is 15.1. The molecule has 0 heterocycles. The normalized spacial score (nSPS) is 11.3. The van der Waals surface area contributed by atoms with E-state index >= 15 is 0 Å². The Morgan fingerprint density at radius 1 is 0.864 bits per heavy atom. The van der Waals surface area contributed by atoms with Crippen LogP contribution in [0.15, 0.2) is 0 Å². The first-order valence-electron chi connectivity index (χ1n) is 9.37. The number of carbonyl (C=O) groups excluding carboxylic acids is 1. The van der Waals surface area contributed by atoms with Gasteiger partial charge in [-0.25, -0.2) is 0 Å². The Balaban J connectivity index is 3.38. The highest BCUT2D eigenvalue weighted by atomic mass is 32.2. The molecule has 0 spiro atoms. The van der Waals surface area contributed by atoms with Crippen LogP contribution in [0.1, 0.15) is 85.0 Å². The fraction of sp³-hybridized carbons (Fsp3) is 0.944. The molecule has 0 amide bonds. The van der Waals surface area contributed by atoms with E-state index in [4.69, 9.17) is 4.43 Å². The van der Waals surface area contributed by atoms with Gasteiger partial charge < -0.3 is 4.43 Å². The van der Waals surface area contributed by atoms with Crippen LogP contribution in [0.2, 0.25) is 12.1 Å². The first kappa shape index (κ1) is 22.2. The fourth-order valence-electron chi connectivity index (χ4n) is 2.38. The van der Waals surface area contributed by atoms with Gasteiger partial charge in [0, 0.05) is 18.8 Å². The zero-order chi connectivity index (χ0) is 16.5. The van der Waals surface area contributed by atoms with Crippen molar-refractivity contribution in [2.75, 3.05) is 12.4 Å². The molecule has 2 nitrogen and oxygen atoms in total. The van der Waals surface area contributed by atoms with Gasteiger partial charge >= 0.3 is 0 Å². The molecule has 0 aromatic carbocycles. The van der Waals surface area contributed by atoms with E-state index in [1.54, 1.807) is 0 Å². The number of hydrogen-bond donors (Lipinski definition) is 0. The number of thioether (sulfide) groups is 1. The van der Waals surface area contributed by atoms with Crippen LogP contribution in [0.25, 0.3) is 0 Å². The lowest BCUT2D eigenvalue weighted by molar-refractivity contribution is -0.111. The zero-order valence-electron chi connectivity index (χ0n) is 15.1. The average molecular weight is 346 g/mol. The molecule has 0 atom stereocenters. The third-order valence-corrected chi connectivity index (χ3v) is 7.40. The molecule has 0 aliphatic heterocycles. The molecule has 1 radical (unpaired) electrons. The molecule has 4 heteroatoms. The monoisotopic (exact) mass is 345 g/mol. The predicted molar refractivity (Wildman–Crippen MR) is 102 cm³/mol. The lowest BCUT2D eigenvalue weighted by atomic mass is 10.1. The van der Waals surface area contributed by atoms with Crippen LogP contribution >= 0.6 is 11.8 Å². The van der Waals surface area contributed by atoms with E-state index in [0.717, 1.165) is 38.0 Å². The zero-order valence-corrected chi connectivity index (χ0v) is 16.9. The summed E-state index contributed by atoms with van der Waals surface area (Å²) in [5, 5.41) is 0.388. The lowest BCUT2D eigenvalue weighted by Crippen LogP contribution is -2.18. The highest BCUT2D eigenvalue weighted by Crippen LogP contribution is 2.14. The predicted octanol–water partition coefficient (Wildman–Crippen LogP) is 6.22. The maximum atomic E-state index is 11.7. The minimum Gasteiger partial charge on any atom is -0.417 e. The Labute approximate surface area is 144 Å². The van der Waals surface area contributed by atoms with E-state index in [2.05, 4.69) is 20.8 Å². The largest absolute Gasteiger partial charge is 0.417 e. The molecular weight excluding hydrogens is 308 g/mol. The van der Waals surface area contributed by atoms with Crippen molar-refractivity contribution in [2.24, 2.45) is 0 Å². The second-order valence-corrected chi connectivity index (χ2v) is 9.50. The van der Waals surface area contributed by atoms with Gasteiger partial charge in [-0.15, -0.1) is 0 Å². The second kappa shape index (κ2) is 17.5. The van der Waals surface area contributed by atoms with Crippen LogP contribution < -0.4 is 0 Å². The molecule has 0 aromatic heterocycles. The Hall–Kier alpha value is 0.197. The summed E-state index contributed by atoms with van der Waals surface area (Å²) in [5.74, 6) is 0.973. The maximum absolute atomic E-state index is 11.7. The molecule has 0 aliphatic rings. The van der Waals surface area contributed by atoms with Crippen molar-refractivity contribution < 1.29 is 9.22 Å². The second-order valence-electron chi connectivity index (χ2n) is 5.98. The van der Waals surface area contributed by atoms with Crippen LogP contribution in [0.5, 0.6) is 0 Å². The summed E-state index contributed by atoms with van der Waals surface area (Å²) < 4.78 is 6.04. The Bertz CT molecular complexity index is 243. The van der Waals surface area contributed by atoms with Gasteiger partial charge in [0.15, 0.2) is 5.12 Å². The van der Waals surface area contributed by atoms with Crippen molar-refractivity contribution >= 4 is 25.9 Å². The molecule has 0 saturated heterocycles. The van der Waals surface area contributed by atoms with Crippen molar-refractivity contribution in [3.8, 4) is 0 Å². The van der Waals surface area contributed by atoms with Crippen molar-refractivity contribution in [1.29, 1.82) is 0 Å². The number of unbranched alkanes of at least 4 members (excludes halogenated alkanes) is 5. The Morgan fingerprint density at radius 3 is 2.18 bits per heavy atom. The van der Waals surface area contributed by atoms with Crippen LogP contribution in [0, 0.1) is 0 Å². The molecular formula is C18H37O2SSi. The van der Waals surface area contributed by atoms with Gasteiger partial charge in [0.25, 0.3) is 0 Å². The van der Waals surface area contributed by atoms with Crippen molar-refractivity contribution in [3.05, 3.63) is 0 Å². The summed E-state index contributed by atoms with van der Waals surface area (Å²) in [4.78, 5) is 11.7. The summed E-state index contributed by atoms with van der Waals surface area (Å²) in [5.41, 5.74) is 0. The standard InChI is InChI=1S/C18H37O2SSi/c1-4-7-8-9-10-13-18(19)21-15-12-11-14-20-22(16-5-2)17-6-3/h4-17H2,1-3H3. The van der Waals surface area contributed by atoms with Gasteiger partial charge in [0.1, 0.15) is 0 Å². The molecule has 0 bridgehead atoms. The Kier molecular flexibility index (Phi) is 17.7. The van der Waals surface area contributed by atoms with E-state index in [1.807, 2.05) is 0 Å². The molecule has 0 aliphatic carbocycles. The molecule has 0 fully saturated rings. The third-order valence-electron chi connectivity index (χ3n) is 3.65. The highest BCUT2D eigenvalue weighted by Gasteiger charge is 2.10. The van der Waals surface area contributed by atoms with E-state index < -0.39 is 9.04 Å². The van der Waals surface area contributed by atoms with E-state index in [-0.39, 0.29) is 0 Å². The summed E-state index contributed by atoms with van der Waals surface area (Å²) in [6.07, 6.45) is 11.6. The van der Waals surface area contributed by atoms with Crippen molar-refractivity contribution in [3.63, 3.8) is 0 Å². The fourth-order valence-corrected chi connectivity index (χ4v) is 5.33. The summed E-state index contributed by atoms with van der Waals surface area (Å²) in [7, 11) is -0.543. The maximum Gasteiger partial charge on any atom is 0.211 e. The topological polar surface area (TPSA) is 26.3 Å². The molecule has 0 saturated carbocycles. The van der Waals surface area contributed by atoms with Crippen LogP contribution in [-0.2, 0) is 9.22 Å². The van der Waals surface area contributed by atoms with E-state index in [9.17, 15) is 4.79 Å². The van der Waals surface area contributed by atoms with Gasteiger partial charge in [-0.05, 0) is 31.4 Å². The first-order chi connectivity index (χ1) is 10.7. The number of carbonyl (C=O) groups is 1. The Morgan fingerprint density at radius 2 is 1.55 bits per heavy atom. The van der Waals surface area contributed by atoms with Gasteiger partial charge in [0.2, 0.25) is 9.04 Å². The number of hydrogen-bond acceptors (Lipinski definition) is 3. The van der Waals surface area contributed by atoms with Gasteiger partial charge in [-0.2, -0.15) is 0 Å². The summed E-state index contributed by atoms with van der Waals surface area (Å²) in [6.45, 7) is 7.61. The quantitative estimate of drug-likeness (QED) is 0.245. The number of rotatable bonds is 16. The lowest BCUT2D eigenvalue weighted by Gasteiger charge is -2.13. The minimum absolute atomic E-state index is 0.388. The van der Waals surface area contributed by atoms with Gasteiger partial charge in [-0.1, -0.05) is 71.1 Å². The molecule has 131 valence electrons. The summed E-state index contributed by atoms with van der Waals surface area (Å²) >= 11 is 1.53. The molecule has 0 N–H and O–H groups in total. The van der Waals surface area contributed by atoms with Crippen LogP contribution in [0.4, 0.5) is 0 Å². The SMILES string of the molecule is CCCCCCCC(=O)SCCCCO[Si](CCC)CCC. The van der Waals surface area contributed by atoms with E-state index in [0.29, 0.717) is 5.12 Å². The van der Waals surface area contributed by atoms with Crippen molar-refractivity contribution in [1.82, 2.24) is 0 Å². The smallest absolute Gasteiger partial charge is 0.211 e. The van der Waals surface area contributed by atoms with E-state index in [1.165, 1.54) is 62.4 Å². The van der Waals surface area contributed by atoms with Crippen molar-refractivity contribution in [2.45, 2.75) is 97.1 Å². The van der Waals surface area contributed by atoms with Gasteiger partial charge in [-0.3, -0.25) is 4.79 Å². The molecule has 22 heavy (non-hydrogen) atoms.